The van der Waals surface area contributed by atoms with E-state index in [1.807, 2.05) is 0 Å². The molecule has 0 radical (unpaired) electrons. The summed E-state index contributed by atoms with van der Waals surface area (Å²) in [5.41, 5.74) is 4.70. The zero-order valence-electron chi connectivity index (χ0n) is 10.8. The lowest BCUT2D eigenvalue weighted by molar-refractivity contribution is -0.147. The van der Waals surface area contributed by atoms with Gasteiger partial charge in [-0.1, -0.05) is 6.07 Å². The molecule has 0 spiro atoms. The fourth-order valence-electron chi connectivity index (χ4n) is 1.73. The highest BCUT2D eigenvalue weighted by Crippen LogP contribution is 2.18. The number of esters is 1. The monoisotopic (exact) mass is 255 g/mol. The van der Waals surface area contributed by atoms with Gasteiger partial charge in [0.25, 0.3) is 0 Å². The number of carbonyl (C=O) groups excluding carboxylic acids is 1. The van der Waals surface area contributed by atoms with Crippen molar-refractivity contribution in [3.05, 3.63) is 30.1 Å². The highest BCUT2D eigenvalue weighted by Gasteiger charge is 2.32. The van der Waals surface area contributed by atoms with Crippen LogP contribution < -0.4 is 10.5 Å². The quantitative estimate of drug-likeness (QED) is 0.816. The van der Waals surface area contributed by atoms with Gasteiger partial charge in [-0.15, -0.1) is 0 Å². The third-order valence-electron chi connectivity index (χ3n) is 2.50. The van der Waals surface area contributed by atoms with Gasteiger partial charge in [0.1, 0.15) is 17.1 Å². The summed E-state index contributed by atoms with van der Waals surface area (Å²) in [4.78, 5) is 11.4. The highest BCUT2D eigenvalue weighted by atomic mass is 19.1. The van der Waals surface area contributed by atoms with Gasteiger partial charge in [0.15, 0.2) is 0 Å². The predicted molar refractivity (Wildman–Crippen MR) is 65.7 cm³/mol. The first-order valence-corrected chi connectivity index (χ1v) is 5.64. The average molecular weight is 255 g/mol. The van der Waals surface area contributed by atoms with Crippen LogP contribution in [-0.2, 0) is 9.53 Å². The normalized spacial score (nSPS) is 15.6. The maximum Gasteiger partial charge on any atom is 0.325 e. The summed E-state index contributed by atoms with van der Waals surface area (Å²) >= 11 is 0. The molecule has 0 aliphatic carbocycles. The largest absolute Gasteiger partial charge is 0.491 e. The van der Waals surface area contributed by atoms with Gasteiger partial charge in [-0.05, 0) is 26.0 Å². The molecule has 5 heteroatoms. The molecule has 0 bridgehead atoms. The van der Waals surface area contributed by atoms with E-state index >= 15 is 0 Å². The second kappa shape index (κ2) is 5.82. The summed E-state index contributed by atoms with van der Waals surface area (Å²) in [6, 6.07) is 5.81. The first-order valence-electron chi connectivity index (χ1n) is 5.64. The van der Waals surface area contributed by atoms with Crippen LogP contribution >= 0.6 is 0 Å². The number of halogens is 1. The zero-order chi connectivity index (χ0) is 13.8. The van der Waals surface area contributed by atoms with Crippen LogP contribution in [0.5, 0.6) is 5.75 Å². The number of rotatable bonds is 5. The van der Waals surface area contributed by atoms with Gasteiger partial charge >= 0.3 is 5.97 Å². The van der Waals surface area contributed by atoms with Crippen LogP contribution in [0.15, 0.2) is 24.3 Å². The molecular formula is C13H18FNO3. The fraction of sp³-hybridized carbons (Fsp3) is 0.462. The van der Waals surface area contributed by atoms with E-state index in [4.69, 9.17) is 10.5 Å². The molecule has 0 heterocycles. The molecule has 100 valence electrons. The van der Waals surface area contributed by atoms with E-state index in [1.165, 1.54) is 19.2 Å². The SMILES string of the molecule is COC(=O)C(C)(N)CC(C)Oc1cccc(F)c1. The highest BCUT2D eigenvalue weighted by molar-refractivity contribution is 5.79. The maximum absolute atomic E-state index is 13.0. The molecule has 0 saturated heterocycles. The molecule has 2 N–H and O–H groups in total. The van der Waals surface area contributed by atoms with Crippen LogP contribution in [-0.4, -0.2) is 24.7 Å². The second-order valence-electron chi connectivity index (χ2n) is 4.50. The Labute approximate surface area is 106 Å². The number of ether oxygens (including phenoxy) is 2. The van der Waals surface area contributed by atoms with Crippen molar-refractivity contribution >= 4 is 5.97 Å². The van der Waals surface area contributed by atoms with Crippen molar-refractivity contribution in [2.24, 2.45) is 5.73 Å². The summed E-state index contributed by atoms with van der Waals surface area (Å²) < 4.78 is 23.1. The molecule has 1 aromatic rings. The Bertz CT molecular complexity index is 420. The van der Waals surface area contributed by atoms with E-state index in [0.717, 1.165) is 0 Å². The number of hydrogen-bond acceptors (Lipinski definition) is 4. The molecule has 0 aliphatic heterocycles. The van der Waals surface area contributed by atoms with Crippen molar-refractivity contribution in [1.29, 1.82) is 0 Å². The predicted octanol–water partition coefficient (Wildman–Crippen LogP) is 1.87. The number of nitrogens with two attached hydrogens (primary N) is 1. The van der Waals surface area contributed by atoms with Gasteiger partial charge in [0.05, 0.1) is 13.2 Å². The first-order chi connectivity index (χ1) is 8.35. The lowest BCUT2D eigenvalue weighted by Crippen LogP contribution is -2.48. The lowest BCUT2D eigenvalue weighted by Gasteiger charge is -2.25. The molecular weight excluding hydrogens is 237 g/mol. The Balaban J connectivity index is 2.61. The fourth-order valence-corrected chi connectivity index (χ4v) is 1.73. The standard InChI is InChI=1S/C13H18FNO3/c1-9(8-13(2,15)12(16)17-3)18-11-6-4-5-10(14)7-11/h4-7,9H,8,15H2,1-3H3. The summed E-state index contributed by atoms with van der Waals surface area (Å²) in [5.74, 6) is -0.469. The minimum Gasteiger partial charge on any atom is -0.491 e. The van der Waals surface area contributed by atoms with E-state index in [-0.39, 0.29) is 18.3 Å². The average Bonchev–Trinajstić information content (AvgIpc) is 2.26. The molecule has 0 aromatic heterocycles. The molecule has 4 nitrogen and oxygen atoms in total. The van der Waals surface area contributed by atoms with Crippen molar-refractivity contribution in [3.8, 4) is 5.75 Å². The molecule has 0 amide bonds. The van der Waals surface area contributed by atoms with Gasteiger partial charge in [0.2, 0.25) is 0 Å². The lowest BCUT2D eigenvalue weighted by atomic mass is 9.96. The van der Waals surface area contributed by atoms with E-state index < -0.39 is 11.5 Å². The number of hydrogen-bond donors (Lipinski definition) is 1. The van der Waals surface area contributed by atoms with E-state index in [2.05, 4.69) is 4.74 Å². The van der Waals surface area contributed by atoms with Gasteiger partial charge in [-0.3, -0.25) is 4.79 Å². The minimum atomic E-state index is -1.12. The van der Waals surface area contributed by atoms with Crippen LogP contribution in [0.25, 0.3) is 0 Å². The van der Waals surface area contributed by atoms with Crippen LogP contribution in [0.4, 0.5) is 4.39 Å². The van der Waals surface area contributed by atoms with Crippen LogP contribution in [0, 0.1) is 5.82 Å². The summed E-state index contributed by atoms with van der Waals surface area (Å²) in [6.45, 7) is 3.34. The molecule has 2 atom stereocenters. The summed E-state index contributed by atoms with van der Waals surface area (Å²) in [5, 5.41) is 0. The Morgan fingerprint density at radius 1 is 1.56 bits per heavy atom. The number of benzene rings is 1. The third-order valence-corrected chi connectivity index (χ3v) is 2.50. The second-order valence-corrected chi connectivity index (χ2v) is 4.50. The van der Waals surface area contributed by atoms with Crippen LogP contribution in [0.3, 0.4) is 0 Å². The topological polar surface area (TPSA) is 61.5 Å². The van der Waals surface area contributed by atoms with Crippen molar-refractivity contribution in [2.75, 3.05) is 7.11 Å². The van der Waals surface area contributed by atoms with Crippen LogP contribution in [0.1, 0.15) is 20.3 Å². The van der Waals surface area contributed by atoms with E-state index in [1.54, 1.807) is 26.0 Å². The van der Waals surface area contributed by atoms with Crippen LogP contribution in [0.2, 0.25) is 0 Å². The number of methoxy groups -OCH3 is 1. The minimum absolute atomic E-state index is 0.274. The summed E-state index contributed by atoms with van der Waals surface area (Å²) in [7, 11) is 1.28. The van der Waals surface area contributed by atoms with Crippen molar-refractivity contribution in [2.45, 2.75) is 31.9 Å². The molecule has 0 fully saturated rings. The Morgan fingerprint density at radius 2 is 2.22 bits per heavy atom. The van der Waals surface area contributed by atoms with E-state index in [9.17, 15) is 9.18 Å². The molecule has 2 unspecified atom stereocenters. The smallest absolute Gasteiger partial charge is 0.325 e. The molecule has 1 rings (SSSR count). The van der Waals surface area contributed by atoms with E-state index in [0.29, 0.717) is 5.75 Å². The molecule has 0 saturated carbocycles. The summed E-state index contributed by atoms with van der Waals surface area (Å²) in [6.07, 6.45) is -0.0585. The molecule has 1 aromatic carbocycles. The Morgan fingerprint density at radius 3 is 2.78 bits per heavy atom. The van der Waals surface area contributed by atoms with Crippen molar-refractivity contribution in [3.63, 3.8) is 0 Å². The third kappa shape index (κ3) is 4.00. The Kier molecular flexibility index (Phi) is 4.67. The Hall–Kier alpha value is -1.62. The molecule has 0 aliphatic rings. The first kappa shape index (κ1) is 14.4. The number of carbonyl (C=O) groups is 1. The maximum atomic E-state index is 13.0. The van der Waals surface area contributed by atoms with Gasteiger partial charge in [-0.2, -0.15) is 0 Å². The van der Waals surface area contributed by atoms with Gasteiger partial charge < -0.3 is 15.2 Å². The zero-order valence-corrected chi connectivity index (χ0v) is 10.8. The molecule has 18 heavy (non-hydrogen) atoms. The van der Waals surface area contributed by atoms with Crippen molar-refractivity contribution in [1.82, 2.24) is 0 Å². The van der Waals surface area contributed by atoms with Gasteiger partial charge in [-0.25, -0.2) is 4.39 Å². The van der Waals surface area contributed by atoms with Crippen molar-refractivity contribution < 1.29 is 18.7 Å². The van der Waals surface area contributed by atoms with Gasteiger partial charge in [0, 0.05) is 12.5 Å².